The van der Waals surface area contributed by atoms with Crippen LogP contribution in [0, 0.1) is 5.92 Å². The molecule has 1 fully saturated rings. The Morgan fingerprint density at radius 1 is 1.41 bits per heavy atom. The molecule has 3 heteroatoms. The van der Waals surface area contributed by atoms with Crippen LogP contribution in [0.1, 0.15) is 31.5 Å². The quantitative estimate of drug-likeness (QED) is 0.876. The molecule has 0 bridgehead atoms. The normalized spacial score (nSPS) is 17.5. The van der Waals surface area contributed by atoms with Crippen molar-refractivity contribution in [1.29, 1.82) is 0 Å². The van der Waals surface area contributed by atoms with Crippen LogP contribution in [0.5, 0.6) is 0 Å². The molecule has 1 atom stereocenters. The first-order valence-corrected chi connectivity index (χ1v) is 7.03. The Kier molecular flexibility index (Phi) is 2.97. The van der Waals surface area contributed by atoms with Crippen molar-refractivity contribution < 1.29 is 0 Å². The predicted octanol–water partition coefficient (Wildman–Crippen LogP) is 3.99. The second-order valence-electron chi connectivity index (χ2n) is 5.03. The maximum atomic E-state index is 3.59. The molecular formula is C14H17BrN2. The third-order valence-corrected chi connectivity index (χ3v) is 3.97. The largest absolute Gasteiger partial charge is 0.357 e. The lowest BCUT2D eigenvalue weighted by molar-refractivity contribution is 0.541. The van der Waals surface area contributed by atoms with Crippen molar-refractivity contribution >= 4 is 26.8 Å². The first kappa shape index (κ1) is 11.3. The van der Waals surface area contributed by atoms with Gasteiger partial charge in [0.05, 0.1) is 0 Å². The molecule has 1 saturated carbocycles. The van der Waals surface area contributed by atoms with Gasteiger partial charge < -0.3 is 10.3 Å². The van der Waals surface area contributed by atoms with E-state index in [0.29, 0.717) is 6.04 Å². The number of aromatic nitrogens is 1. The number of benzene rings is 1. The molecule has 0 saturated heterocycles. The highest BCUT2D eigenvalue weighted by Gasteiger charge is 2.21. The van der Waals surface area contributed by atoms with Crippen molar-refractivity contribution in [3.8, 4) is 0 Å². The summed E-state index contributed by atoms with van der Waals surface area (Å²) in [6.07, 6.45) is 2.80. The summed E-state index contributed by atoms with van der Waals surface area (Å²) in [5, 5.41) is 4.87. The van der Waals surface area contributed by atoms with Crippen LogP contribution in [0.3, 0.4) is 0 Å². The zero-order chi connectivity index (χ0) is 11.8. The Hall–Kier alpha value is -0.800. The lowest BCUT2D eigenvalue weighted by atomic mass is 10.2. The molecule has 0 amide bonds. The van der Waals surface area contributed by atoms with Gasteiger partial charge in [0, 0.05) is 27.1 Å². The van der Waals surface area contributed by atoms with Gasteiger partial charge in [-0.15, -0.1) is 0 Å². The highest BCUT2D eigenvalue weighted by Crippen LogP contribution is 2.29. The summed E-state index contributed by atoms with van der Waals surface area (Å²) in [4.78, 5) is 3.48. The minimum absolute atomic E-state index is 0.404. The van der Waals surface area contributed by atoms with Crippen molar-refractivity contribution in [3.05, 3.63) is 34.4 Å². The van der Waals surface area contributed by atoms with Crippen LogP contribution in [0.25, 0.3) is 10.9 Å². The lowest BCUT2D eigenvalue weighted by Gasteiger charge is -2.11. The molecule has 1 heterocycles. The summed E-state index contributed by atoms with van der Waals surface area (Å²) < 4.78 is 1.13. The zero-order valence-corrected chi connectivity index (χ0v) is 11.5. The maximum Gasteiger partial charge on any atom is 0.0457 e. The van der Waals surface area contributed by atoms with Gasteiger partial charge in [0.25, 0.3) is 0 Å². The van der Waals surface area contributed by atoms with E-state index < -0.39 is 0 Å². The molecule has 2 N–H and O–H groups in total. The Bertz CT molecular complexity index is 528. The second kappa shape index (κ2) is 4.46. The number of hydrogen-bond donors (Lipinski definition) is 2. The van der Waals surface area contributed by atoms with Crippen molar-refractivity contribution in [3.63, 3.8) is 0 Å². The third-order valence-electron chi connectivity index (χ3n) is 3.48. The van der Waals surface area contributed by atoms with Crippen LogP contribution in [-0.2, 0) is 0 Å². The van der Waals surface area contributed by atoms with Crippen LogP contribution in [0.2, 0.25) is 0 Å². The smallest absolute Gasteiger partial charge is 0.0457 e. The number of fused-ring (bicyclic) bond motifs is 1. The monoisotopic (exact) mass is 292 g/mol. The van der Waals surface area contributed by atoms with Crippen LogP contribution < -0.4 is 5.32 Å². The third kappa shape index (κ3) is 2.55. The topological polar surface area (TPSA) is 27.8 Å². The summed E-state index contributed by atoms with van der Waals surface area (Å²) >= 11 is 3.51. The standard InChI is InChI=1S/C14H17BrN2/c1-9(16-8-10-2-3-10)14-7-11-6-12(15)4-5-13(11)17-14/h4-7,9-10,16-17H,2-3,8H2,1H3. The van der Waals surface area contributed by atoms with E-state index in [1.54, 1.807) is 0 Å². The minimum atomic E-state index is 0.404. The fourth-order valence-corrected chi connectivity index (χ4v) is 2.51. The van der Waals surface area contributed by atoms with Crippen molar-refractivity contribution in [2.75, 3.05) is 6.54 Å². The number of halogens is 1. The molecule has 0 aliphatic heterocycles. The number of H-pyrrole nitrogens is 1. The summed E-state index contributed by atoms with van der Waals surface area (Å²) in [5.41, 5.74) is 2.49. The highest BCUT2D eigenvalue weighted by atomic mass is 79.9. The molecule has 1 aliphatic carbocycles. The molecular weight excluding hydrogens is 276 g/mol. The SMILES string of the molecule is CC(NCC1CC1)c1cc2cc(Br)ccc2[nH]1. The van der Waals surface area contributed by atoms with Gasteiger partial charge in [0.15, 0.2) is 0 Å². The summed E-state index contributed by atoms with van der Waals surface area (Å²) in [6.45, 7) is 3.38. The van der Waals surface area contributed by atoms with E-state index in [1.807, 2.05) is 0 Å². The number of nitrogens with one attached hydrogen (secondary N) is 2. The van der Waals surface area contributed by atoms with Crippen molar-refractivity contribution in [2.24, 2.45) is 5.92 Å². The van der Waals surface area contributed by atoms with E-state index in [-0.39, 0.29) is 0 Å². The van der Waals surface area contributed by atoms with Gasteiger partial charge in [-0.25, -0.2) is 0 Å². The first-order chi connectivity index (χ1) is 8.22. The van der Waals surface area contributed by atoms with Crippen LogP contribution in [0.15, 0.2) is 28.7 Å². The van der Waals surface area contributed by atoms with E-state index >= 15 is 0 Å². The van der Waals surface area contributed by atoms with Crippen LogP contribution >= 0.6 is 15.9 Å². The number of aromatic amines is 1. The van der Waals surface area contributed by atoms with Crippen LogP contribution in [0.4, 0.5) is 0 Å². The van der Waals surface area contributed by atoms with E-state index in [2.05, 4.69) is 57.4 Å². The summed E-state index contributed by atoms with van der Waals surface area (Å²) in [7, 11) is 0. The lowest BCUT2D eigenvalue weighted by Crippen LogP contribution is -2.21. The molecule has 3 rings (SSSR count). The van der Waals surface area contributed by atoms with E-state index in [1.165, 1.54) is 29.4 Å². The van der Waals surface area contributed by atoms with Crippen molar-refractivity contribution in [1.82, 2.24) is 10.3 Å². The first-order valence-electron chi connectivity index (χ1n) is 6.24. The van der Waals surface area contributed by atoms with E-state index in [0.717, 1.165) is 16.9 Å². The fourth-order valence-electron chi connectivity index (χ4n) is 2.13. The predicted molar refractivity (Wildman–Crippen MR) is 75.1 cm³/mol. The molecule has 1 aliphatic rings. The van der Waals surface area contributed by atoms with E-state index in [4.69, 9.17) is 0 Å². The Balaban J connectivity index is 1.78. The Labute approximate surface area is 110 Å². The van der Waals surface area contributed by atoms with Crippen molar-refractivity contribution in [2.45, 2.75) is 25.8 Å². The molecule has 2 aromatic rings. The molecule has 17 heavy (non-hydrogen) atoms. The zero-order valence-electron chi connectivity index (χ0n) is 9.96. The van der Waals surface area contributed by atoms with Gasteiger partial charge in [-0.3, -0.25) is 0 Å². The summed E-state index contributed by atoms with van der Waals surface area (Å²) in [5.74, 6) is 0.927. The Morgan fingerprint density at radius 2 is 2.24 bits per heavy atom. The van der Waals surface area contributed by atoms with Gasteiger partial charge >= 0.3 is 0 Å². The van der Waals surface area contributed by atoms with Crippen LogP contribution in [-0.4, -0.2) is 11.5 Å². The maximum absolute atomic E-state index is 3.59. The minimum Gasteiger partial charge on any atom is -0.357 e. The molecule has 1 unspecified atom stereocenters. The molecule has 2 nitrogen and oxygen atoms in total. The molecule has 1 aromatic carbocycles. The molecule has 0 radical (unpaired) electrons. The number of hydrogen-bond acceptors (Lipinski definition) is 1. The van der Waals surface area contributed by atoms with Gasteiger partial charge in [-0.1, -0.05) is 15.9 Å². The van der Waals surface area contributed by atoms with Gasteiger partial charge in [0.1, 0.15) is 0 Å². The average Bonchev–Trinajstić information content (AvgIpc) is 3.04. The number of rotatable bonds is 4. The summed E-state index contributed by atoms with van der Waals surface area (Å²) in [6, 6.07) is 9.00. The van der Waals surface area contributed by atoms with Gasteiger partial charge in [-0.2, -0.15) is 0 Å². The van der Waals surface area contributed by atoms with E-state index in [9.17, 15) is 0 Å². The highest BCUT2D eigenvalue weighted by molar-refractivity contribution is 9.10. The average molecular weight is 293 g/mol. The molecule has 90 valence electrons. The second-order valence-corrected chi connectivity index (χ2v) is 5.95. The molecule has 1 aromatic heterocycles. The van der Waals surface area contributed by atoms with Gasteiger partial charge in [0.2, 0.25) is 0 Å². The van der Waals surface area contributed by atoms with Gasteiger partial charge in [-0.05, 0) is 56.5 Å². The Morgan fingerprint density at radius 3 is 3.00 bits per heavy atom. The fraction of sp³-hybridized carbons (Fsp3) is 0.429. The molecule has 0 spiro atoms.